The number of benzene rings is 7. The van der Waals surface area contributed by atoms with E-state index in [0.717, 1.165) is 11.1 Å². The summed E-state index contributed by atoms with van der Waals surface area (Å²) in [5.74, 6) is 8.09. The molecule has 7 aromatic carbocycles. The lowest BCUT2D eigenvalue weighted by molar-refractivity contribution is 0.838. The zero-order chi connectivity index (χ0) is 38.7. The molecule has 7 rings (SSSR count). The molecule has 0 aliphatic rings. The van der Waals surface area contributed by atoms with Crippen LogP contribution < -0.4 is 0 Å². The average molecular weight is 739 g/mol. The number of fused-ring (bicyclic) bond motifs is 6. The van der Waals surface area contributed by atoms with Crippen LogP contribution in [0.3, 0.4) is 0 Å². The van der Waals surface area contributed by atoms with Crippen LogP contribution >= 0.6 is 0 Å². The second-order valence-electron chi connectivity index (χ2n) is 17.9. The molecule has 0 radical (unpaired) electrons. The Kier molecular flexibility index (Phi) is 10.1. The number of hydrogen-bond acceptors (Lipinski definition) is 0. The van der Waals surface area contributed by atoms with Crippen molar-refractivity contribution < 1.29 is 0 Å². The maximum absolute atomic E-state index is 4.17. The van der Waals surface area contributed by atoms with Gasteiger partial charge in [-0.25, -0.2) is 0 Å². The van der Waals surface area contributed by atoms with Crippen LogP contribution in [-0.2, 0) is 0 Å². The van der Waals surface area contributed by atoms with E-state index in [2.05, 4.69) is 203 Å². The first-order valence-corrected chi connectivity index (χ1v) is 24.9. The summed E-state index contributed by atoms with van der Waals surface area (Å²) < 4.78 is 0. The third kappa shape index (κ3) is 6.17. The fourth-order valence-corrected chi connectivity index (χ4v) is 21.0. The molecule has 0 fully saturated rings. The van der Waals surface area contributed by atoms with Gasteiger partial charge in [0.05, 0.1) is 0 Å². The monoisotopic (exact) mass is 738 g/mol. The van der Waals surface area contributed by atoms with Crippen LogP contribution in [0.1, 0.15) is 94.2 Å². The summed E-state index contributed by atoms with van der Waals surface area (Å²) >= 11 is 0. The molecule has 7 aromatic rings. The maximum Gasteiger partial charge on any atom is 0.146 e. The Morgan fingerprint density at radius 2 is 0.537 bits per heavy atom. The van der Waals surface area contributed by atoms with Gasteiger partial charge in [0.1, 0.15) is 16.1 Å². The van der Waals surface area contributed by atoms with Crippen LogP contribution in [0.25, 0.3) is 64.6 Å². The summed E-state index contributed by atoms with van der Waals surface area (Å²) in [4.78, 5) is 0. The van der Waals surface area contributed by atoms with Gasteiger partial charge in [-0.2, -0.15) is 0 Å². The molecule has 2 heteroatoms. The van der Waals surface area contributed by atoms with Crippen molar-refractivity contribution in [1.82, 2.24) is 0 Å². The van der Waals surface area contributed by atoms with Gasteiger partial charge in [-0.1, -0.05) is 143 Å². The van der Waals surface area contributed by atoms with Gasteiger partial charge in [0, 0.05) is 11.1 Å². The second-order valence-corrected chi connectivity index (χ2v) is 29.1. The highest BCUT2D eigenvalue weighted by molar-refractivity contribution is 6.91. The molecule has 0 aliphatic heterocycles. The fourth-order valence-electron chi connectivity index (χ4n) is 10.6. The SMILES string of the molecule is CC(C)[Si](C#Cc1c2cc3cc4ccccc4cc3cc2c(C#C[Si](C(C)C)(C(C)C)C(C)C)c2cc3cc4ccccc4cc3cc12)(C(C)C)C(C)C. The molecule has 0 heterocycles. The van der Waals surface area contributed by atoms with E-state index in [0.29, 0.717) is 33.2 Å². The van der Waals surface area contributed by atoms with Gasteiger partial charge in [-0.15, -0.1) is 11.1 Å². The molecule has 0 saturated carbocycles. The summed E-state index contributed by atoms with van der Waals surface area (Å²) in [7, 11) is -4.08. The van der Waals surface area contributed by atoms with E-state index < -0.39 is 16.1 Å². The summed E-state index contributed by atoms with van der Waals surface area (Å²) in [6.07, 6.45) is 0. The lowest BCUT2D eigenvalue weighted by atomic mass is 9.88. The van der Waals surface area contributed by atoms with Gasteiger partial charge < -0.3 is 0 Å². The highest BCUT2D eigenvalue weighted by Crippen LogP contribution is 2.44. The van der Waals surface area contributed by atoms with E-state index in [1.54, 1.807) is 0 Å². The second kappa shape index (κ2) is 14.4. The Morgan fingerprint density at radius 3 is 0.741 bits per heavy atom. The Bertz CT molecular complexity index is 2330. The van der Waals surface area contributed by atoms with Crippen molar-refractivity contribution in [2.24, 2.45) is 0 Å². The standard InChI is InChI=1S/C52H58Si2/c1-33(2)53(34(3)4,35(5)6)23-21-47-49-29-43-25-39-17-13-15-19-41(39)27-45(43)31-51(49)48(22-24-54(36(7)8,37(9)10)38(11)12)52-32-46-28-42-20-16-14-18-40(42)26-44(46)30-50(47)52/h13-20,25-38H,1-12H3. The van der Waals surface area contributed by atoms with E-state index in [9.17, 15) is 0 Å². The smallest absolute Gasteiger partial charge is 0.125 e. The fraction of sp³-hybridized carbons (Fsp3) is 0.346. The van der Waals surface area contributed by atoms with Gasteiger partial charge in [-0.3, -0.25) is 0 Å². The Hall–Kier alpha value is -4.35. The zero-order valence-electron chi connectivity index (χ0n) is 34.7. The normalized spacial score (nSPS) is 12.8. The van der Waals surface area contributed by atoms with E-state index >= 15 is 0 Å². The first-order valence-electron chi connectivity index (χ1n) is 20.4. The van der Waals surface area contributed by atoms with Gasteiger partial charge in [0.15, 0.2) is 0 Å². The molecule has 0 atom stereocenters. The first-order chi connectivity index (χ1) is 25.7. The first kappa shape index (κ1) is 37.9. The van der Waals surface area contributed by atoms with Crippen LogP contribution in [-0.4, -0.2) is 16.1 Å². The lowest BCUT2D eigenvalue weighted by Gasteiger charge is -2.38. The molecule has 0 bridgehead atoms. The quantitative estimate of drug-likeness (QED) is 0.0905. The molecule has 0 nitrogen and oxygen atoms in total. The van der Waals surface area contributed by atoms with Crippen molar-refractivity contribution in [2.75, 3.05) is 0 Å². The molecule has 0 N–H and O–H groups in total. The highest BCUT2D eigenvalue weighted by Gasteiger charge is 2.43. The largest absolute Gasteiger partial charge is 0.146 e. The van der Waals surface area contributed by atoms with E-state index in [-0.39, 0.29) is 0 Å². The van der Waals surface area contributed by atoms with Gasteiger partial charge in [0.2, 0.25) is 0 Å². The van der Waals surface area contributed by atoms with Crippen molar-refractivity contribution >= 4 is 80.8 Å². The van der Waals surface area contributed by atoms with Crippen LogP contribution in [0.2, 0.25) is 33.2 Å². The van der Waals surface area contributed by atoms with Gasteiger partial charge in [-0.05, 0) is 146 Å². The van der Waals surface area contributed by atoms with E-state index in [1.807, 2.05) is 0 Å². The molecule has 0 aliphatic carbocycles. The third-order valence-electron chi connectivity index (χ3n) is 13.3. The Morgan fingerprint density at radius 1 is 0.315 bits per heavy atom. The zero-order valence-corrected chi connectivity index (χ0v) is 36.7. The number of hydrogen-bond donors (Lipinski definition) is 0. The Balaban J connectivity index is 1.72. The predicted molar refractivity (Wildman–Crippen MR) is 247 cm³/mol. The molecule has 0 unspecified atom stereocenters. The average Bonchev–Trinajstić information content (AvgIpc) is 3.11. The van der Waals surface area contributed by atoms with E-state index in [1.165, 1.54) is 64.6 Å². The summed E-state index contributed by atoms with van der Waals surface area (Å²) in [6, 6.07) is 36.7. The maximum atomic E-state index is 4.17. The molecule has 0 spiro atoms. The molecular weight excluding hydrogens is 681 g/mol. The van der Waals surface area contributed by atoms with Crippen LogP contribution in [0.4, 0.5) is 0 Å². The number of rotatable bonds is 6. The predicted octanol–water partition coefficient (Wildman–Crippen LogP) is 15.7. The van der Waals surface area contributed by atoms with Crippen LogP contribution in [0, 0.1) is 22.9 Å². The minimum absolute atomic E-state index is 0.549. The topological polar surface area (TPSA) is 0 Å². The van der Waals surface area contributed by atoms with Crippen LogP contribution in [0.5, 0.6) is 0 Å². The van der Waals surface area contributed by atoms with Crippen LogP contribution in [0.15, 0.2) is 97.1 Å². The molecule has 274 valence electrons. The minimum atomic E-state index is -2.04. The molecule has 0 saturated heterocycles. The van der Waals surface area contributed by atoms with Crippen molar-refractivity contribution in [2.45, 2.75) is 116 Å². The Labute approximate surface area is 326 Å². The van der Waals surface area contributed by atoms with Gasteiger partial charge in [0.25, 0.3) is 0 Å². The summed E-state index contributed by atoms with van der Waals surface area (Å²) in [5, 5.41) is 15.0. The van der Waals surface area contributed by atoms with E-state index in [4.69, 9.17) is 0 Å². The van der Waals surface area contributed by atoms with Crippen molar-refractivity contribution in [1.29, 1.82) is 0 Å². The lowest BCUT2D eigenvalue weighted by Crippen LogP contribution is -2.43. The molecule has 54 heavy (non-hydrogen) atoms. The van der Waals surface area contributed by atoms with Crippen molar-refractivity contribution in [3.63, 3.8) is 0 Å². The molecule has 0 aromatic heterocycles. The summed E-state index contributed by atoms with van der Waals surface area (Å²) in [5.41, 5.74) is 14.0. The van der Waals surface area contributed by atoms with Gasteiger partial charge >= 0.3 is 0 Å². The molecular formula is C52H58Si2. The highest BCUT2D eigenvalue weighted by atomic mass is 28.3. The van der Waals surface area contributed by atoms with Crippen molar-refractivity contribution in [3.05, 3.63) is 108 Å². The summed E-state index contributed by atoms with van der Waals surface area (Å²) in [6.45, 7) is 29.0. The third-order valence-corrected chi connectivity index (χ3v) is 25.9. The van der Waals surface area contributed by atoms with Crippen molar-refractivity contribution in [3.8, 4) is 22.9 Å². The minimum Gasteiger partial charge on any atom is -0.125 e. The molecule has 0 amide bonds.